The average Bonchev–Trinajstić information content (AvgIpc) is 3.19. The van der Waals surface area contributed by atoms with Gasteiger partial charge >= 0.3 is 5.97 Å². The Balaban J connectivity index is 1.60. The summed E-state index contributed by atoms with van der Waals surface area (Å²) in [5.74, 6) is 0.339. The van der Waals surface area contributed by atoms with Crippen molar-refractivity contribution in [2.45, 2.75) is 12.3 Å². The fourth-order valence-electron chi connectivity index (χ4n) is 4.04. The molecular weight excluding hydrogens is 440 g/mol. The van der Waals surface area contributed by atoms with Crippen LogP contribution in [0.25, 0.3) is 11.4 Å². The zero-order valence-corrected chi connectivity index (χ0v) is 17.7. The topological polar surface area (TPSA) is 55.0 Å². The number of aromatic nitrogens is 2. The van der Waals surface area contributed by atoms with Gasteiger partial charge in [0.05, 0.1) is 11.6 Å². The highest BCUT2D eigenvalue weighted by Crippen LogP contribution is 2.43. The fraction of sp³-hybridized carbons (Fsp3) is 0.120. The van der Waals surface area contributed by atoms with Crippen LogP contribution in [0.1, 0.15) is 22.7 Å². The van der Waals surface area contributed by atoms with Crippen LogP contribution in [0.4, 0.5) is 0 Å². The van der Waals surface area contributed by atoms with Crippen molar-refractivity contribution in [3.05, 3.63) is 106 Å². The fourth-order valence-corrected chi connectivity index (χ4v) is 4.30. The van der Waals surface area contributed by atoms with E-state index in [1.807, 2.05) is 72.8 Å². The first kappa shape index (κ1) is 18.8. The van der Waals surface area contributed by atoms with Gasteiger partial charge in [-0.1, -0.05) is 88.7 Å². The number of H-pyrrole nitrogens is 1. The Morgan fingerprint density at radius 3 is 2.27 bits per heavy atom. The number of nitrogens with zero attached hydrogens (tertiary/aromatic N) is 1. The van der Waals surface area contributed by atoms with Gasteiger partial charge in [0.1, 0.15) is 5.82 Å². The van der Waals surface area contributed by atoms with Gasteiger partial charge in [0.15, 0.2) is 0 Å². The molecule has 0 spiro atoms. The maximum absolute atomic E-state index is 13.1. The lowest BCUT2D eigenvalue weighted by molar-refractivity contribution is -0.141. The molecule has 4 nitrogen and oxygen atoms in total. The van der Waals surface area contributed by atoms with E-state index in [-0.39, 0.29) is 17.8 Å². The summed E-state index contributed by atoms with van der Waals surface area (Å²) >= 11 is 3.46. The number of carbonyl (C=O) groups excluding carboxylic acids is 1. The van der Waals surface area contributed by atoms with Crippen LogP contribution in [0.2, 0.25) is 0 Å². The number of ether oxygens (including phenoxy) is 1. The molecule has 30 heavy (non-hydrogen) atoms. The zero-order valence-electron chi connectivity index (χ0n) is 16.1. The summed E-state index contributed by atoms with van der Waals surface area (Å²) in [7, 11) is 0. The predicted molar refractivity (Wildman–Crippen MR) is 119 cm³/mol. The second kappa shape index (κ2) is 7.92. The molecule has 4 aromatic rings. The van der Waals surface area contributed by atoms with Crippen LogP contribution in [-0.2, 0) is 11.2 Å². The number of rotatable bonds is 4. The third-order valence-electron chi connectivity index (χ3n) is 5.49. The van der Waals surface area contributed by atoms with Gasteiger partial charge in [-0.3, -0.25) is 4.79 Å². The van der Waals surface area contributed by atoms with Crippen molar-refractivity contribution >= 4 is 21.9 Å². The highest BCUT2D eigenvalue weighted by Gasteiger charge is 2.41. The molecule has 0 saturated carbocycles. The Morgan fingerprint density at radius 2 is 1.57 bits per heavy atom. The van der Waals surface area contributed by atoms with Gasteiger partial charge in [-0.05, 0) is 29.7 Å². The van der Waals surface area contributed by atoms with Gasteiger partial charge in [-0.25, -0.2) is 0 Å². The Hall–Kier alpha value is -3.18. The van der Waals surface area contributed by atoms with Gasteiger partial charge in [0.2, 0.25) is 5.88 Å². The molecule has 2 heterocycles. The molecule has 5 rings (SSSR count). The molecular formula is C25H19BrN2O2. The van der Waals surface area contributed by atoms with E-state index in [2.05, 4.69) is 38.0 Å². The summed E-state index contributed by atoms with van der Waals surface area (Å²) in [6, 6.07) is 28.1. The van der Waals surface area contributed by atoms with Crippen molar-refractivity contribution in [3.8, 4) is 17.3 Å². The van der Waals surface area contributed by atoms with Crippen molar-refractivity contribution in [3.63, 3.8) is 0 Å². The molecule has 1 N–H and O–H groups in total. The minimum Gasteiger partial charge on any atom is -0.405 e. The summed E-state index contributed by atoms with van der Waals surface area (Å²) < 4.78 is 6.70. The third-order valence-corrected chi connectivity index (χ3v) is 6.01. The summed E-state index contributed by atoms with van der Waals surface area (Å²) in [6.45, 7) is 0. The summed E-state index contributed by atoms with van der Waals surface area (Å²) in [5.41, 5.74) is 3.97. The predicted octanol–water partition coefficient (Wildman–Crippen LogP) is 5.75. The van der Waals surface area contributed by atoms with E-state index in [1.165, 1.54) is 0 Å². The molecule has 1 aromatic heterocycles. The molecule has 1 aliphatic rings. The first-order chi connectivity index (χ1) is 14.7. The number of halogens is 1. The third kappa shape index (κ3) is 3.57. The van der Waals surface area contributed by atoms with Crippen molar-refractivity contribution in [2.75, 3.05) is 0 Å². The molecule has 2 atom stereocenters. The highest BCUT2D eigenvalue weighted by molar-refractivity contribution is 9.10. The Labute approximate surface area is 183 Å². The van der Waals surface area contributed by atoms with E-state index >= 15 is 0 Å². The second-order valence-corrected chi connectivity index (χ2v) is 8.33. The Morgan fingerprint density at radius 1 is 0.900 bits per heavy atom. The average molecular weight is 459 g/mol. The van der Waals surface area contributed by atoms with Crippen LogP contribution in [-0.4, -0.2) is 15.9 Å². The number of nitrogens with one attached hydrogen (secondary N) is 1. The molecule has 0 amide bonds. The minimum absolute atomic E-state index is 0.153. The lowest BCUT2D eigenvalue weighted by Crippen LogP contribution is -2.34. The van der Waals surface area contributed by atoms with Crippen LogP contribution in [0.5, 0.6) is 5.88 Å². The van der Waals surface area contributed by atoms with E-state index in [4.69, 9.17) is 4.74 Å². The Bertz CT molecular complexity index is 1170. The molecule has 0 unspecified atom stereocenters. The first-order valence-corrected chi connectivity index (χ1v) is 10.6. The van der Waals surface area contributed by atoms with Gasteiger partial charge < -0.3 is 9.72 Å². The van der Waals surface area contributed by atoms with E-state index in [1.54, 1.807) is 0 Å². The quantitative estimate of drug-likeness (QED) is 0.396. The molecule has 0 aliphatic carbocycles. The number of imidazole rings is 1. The van der Waals surface area contributed by atoms with Gasteiger partial charge in [-0.2, -0.15) is 4.98 Å². The van der Waals surface area contributed by atoms with Gasteiger partial charge in [-0.15, -0.1) is 0 Å². The number of esters is 1. The molecule has 0 saturated heterocycles. The maximum atomic E-state index is 13.1. The molecule has 5 heteroatoms. The van der Waals surface area contributed by atoms with Crippen LogP contribution in [0, 0.1) is 5.92 Å². The van der Waals surface area contributed by atoms with Crippen molar-refractivity contribution in [2.24, 2.45) is 5.92 Å². The number of hydrogen-bond acceptors (Lipinski definition) is 3. The van der Waals surface area contributed by atoms with Crippen LogP contribution < -0.4 is 4.74 Å². The Kier molecular flexibility index (Phi) is 4.97. The number of carbonyl (C=O) groups is 1. The second-order valence-electron chi connectivity index (χ2n) is 7.42. The van der Waals surface area contributed by atoms with E-state index in [0.717, 1.165) is 26.9 Å². The summed E-state index contributed by atoms with van der Waals surface area (Å²) in [6.07, 6.45) is 0.602. The number of fused-ring (bicyclic) bond motifs is 1. The normalized spacial score (nSPS) is 18.0. The van der Waals surface area contributed by atoms with Gasteiger partial charge in [0.25, 0.3) is 0 Å². The molecule has 3 aromatic carbocycles. The lowest BCUT2D eigenvalue weighted by Gasteiger charge is -2.29. The van der Waals surface area contributed by atoms with E-state index < -0.39 is 0 Å². The van der Waals surface area contributed by atoms with Gasteiger partial charge in [0, 0.05) is 16.0 Å². The van der Waals surface area contributed by atoms with Crippen LogP contribution >= 0.6 is 15.9 Å². The van der Waals surface area contributed by atoms with Crippen LogP contribution in [0.3, 0.4) is 0 Å². The molecule has 0 bridgehead atoms. The smallest absolute Gasteiger partial charge is 0.317 e. The summed E-state index contributed by atoms with van der Waals surface area (Å²) in [5, 5.41) is 0. The largest absolute Gasteiger partial charge is 0.405 e. The minimum atomic E-state index is -0.333. The van der Waals surface area contributed by atoms with E-state index in [9.17, 15) is 4.79 Å². The first-order valence-electron chi connectivity index (χ1n) is 9.85. The van der Waals surface area contributed by atoms with Crippen molar-refractivity contribution in [1.82, 2.24) is 9.97 Å². The summed E-state index contributed by atoms with van der Waals surface area (Å²) in [4.78, 5) is 21.1. The standard InChI is InChI=1S/C25H19BrN2O2/c26-19-13-11-18(12-14-19)23-27-22-21(17-9-5-2-6-10-17)20(25(29)30-24(22)28-23)15-16-7-3-1-4-8-16/h1-14,20-21H,15H2,(H,27,28)/t20-,21+/m0/s1. The maximum Gasteiger partial charge on any atom is 0.317 e. The molecule has 1 aliphatic heterocycles. The van der Waals surface area contributed by atoms with Crippen molar-refractivity contribution in [1.29, 1.82) is 0 Å². The SMILES string of the molecule is O=C1Oc2nc(-c3ccc(Br)cc3)[nH]c2[C@H](c2ccccc2)[C@@H]1Cc1ccccc1. The lowest BCUT2D eigenvalue weighted by atomic mass is 9.79. The number of aromatic amines is 1. The van der Waals surface area contributed by atoms with E-state index in [0.29, 0.717) is 18.1 Å². The molecule has 0 fully saturated rings. The number of hydrogen-bond donors (Lipinski definition) is 1. The zero-order chi connectivity index (χ0) is 20.5. The molecule has 0 radical (unpaired) electrons. The monoisotopic (exact) mass is 458 g/mol. The van der Waals surface area contributed by atoms with Crippen LogP contribution in [0.15, 0.2) is 89.4 Å². The highest BCUT2D eigenvalue weighted by atomic mass is 79.9. The molecule has 148 valence electrons. The number of benzene rings is 3. The van der Waals surface area contributed by atoms with Crippen molar-refractivity contribution < 1.29 is 9.53 Å².